The smallest absolute Gasteiger partial charge is 0.123 e. The zero-order valence-electron chi connectivity index (χ0n) is 10.7. The van der Waals surface area contributed by atoms with Crippen LogP contribution in [0.1, 0.15) is 11.1 Å². The fourth-order valence-corrected chi connectivity index (χ4v) is 2.37. The SMILES string of the molecule is Nc1cc(CN2CCOc3ccccc3C2)ccn1. The lowest BCUT2D eigenvalue weighted by molar-refractivity contribution is 0.219. The molecule has 1 aliphatic rings. The molecule has 0 saturated carbocycles. The summed E-state index contributed by atoms with van der Waals surface area (Å²) < 4.78 is 5.76. The fraction of sp³-hybridized carbons (Fsp3) is 0.267. The van der Waals surface area contributed by atoms with Crippen molar-refractivity contribution in [3.63, 3.8) is 0 Å². The Bertz CT molecular complexity index is 571. The van der Waals surface area contributed by atoms with Crippen LogP contribution < -0.4 is 10.5 Å². The van der Waals surface area contributed by atoms with E-state index in [1.54, 1.807) is 6.20 Å². The highest BCUT2D eigenvalue weighted by molar-refractivity contribution is 5.34. The predicted molar refractivity (Wildman–Crippen MR) is 74.7 cm³/mol. The van der Waals surface area contributed by atoms with E-state index in [2.05, 4.69) is 22.0 Å². The fourth-order valence-electron chi connectivity index (χ4n) is 2.37. The highest BCUT2D eigenvalue weighted by Crippen LogP contribution is 2.23. The number of ether oxygens (including phenoxy) is 1. The molecule has 4 heteroatoms. The van der Waals surface area contributed by atoms with Gasteiger partial charge >= 0.3 is 0 Å². The van der Waals surface area contributed by atoms with Crippen molar-refractivity contribution in [1.29, 1.82) is 0 Å². The van der Waals surface area contributed by atoms with E-state index in [1.165, 1.54) is 11.1 Å². The zero-order chi connectivity index (χ0) is 13.1. The first-order valence-electron chi connectivity index (χ1n) is 6.45. The first-order chi connectivity index (χ1) is 9.31. The Hall–Kier alpha value is -2.07. The molecule has 19 heavy (non-hydrogen) atoms. The van der Waals surface area contributed by atoms with Crippen LogP contribution in [0, 0.1) is 0 Å². The summed E-state index contributed by atoms with van der Waals surface area (Å²) in [6.45, 7) is 3.40. The van der Waals surface area contributed by atoms with Crippen LogP contribution in [0.15, 0.2) is 42.6 Å². The molecule has 4 nitrogen and oxygen atoms in total. The topological polar surface area (TPSA) is 51.4 Å². The number of aromatic nitrogens is 1. The number of nitrogens with two attached hydrogens (primary N) is 1. The molecular weight excluding hydrogens is 238 g/mol. The van der Waals surface area contributed by atoms with Crippen LogP contribution in [0.5, 0.6) is 5.75 Å². The van der Waals surface area contributed by atoms with Gasteiger partial charge in [-0.3, -0.25) is 4.90 Å². The average Bonchev–Trinajstić information content (AvgIpc) is 2.60. The van der Waals surface area contributed by atoms with Crippen molar-refractivity contribution < 1.29 is 4.74 Å². The first kappa shape index (κ1) is 12.0. The van der Waals surface area contributed by atoms with E-state index in [4.69, 9.17) is 10.5 Å². The summed E-state index contributed by atoms with van der Waals surface area (Å²) in [7, 11) is 0. The molecule has 0 spiro atoms. The average molecular weight is 255 g/mol. The van der Waals surface area contributed by atoms with E-state index in [9.17, 15) is 0 Å². The number of benzene rings is 1. The molecule has 1 aromatic carbocycles. The van der Waals surface area contributed by atoms with E-state index in [0.29, 0.717) is 5.82 Å². The highest BCUT2D eigenvalue weighted by atomic mass is 16.5. The monoisotopic (exact) mass is 255 g/mol. The summed E-state index contributed by atoms with van der Waals surface area (Å²) in [6, 6.07) is 12.2. The normalized spacial score (nSPS) is 15.4. The first-order valence-corrected chi connectivity index (χ1v) is 6.45. The number of hydrogen-bond donors (Lipinski definition) is 1. The van der Waals surface area contributed by atoms with Gasteiger partial charge in [0.2, 0.25) is 0 Å². The summed E-state index contributed by atoms with van der Waals surface area (Å²) in [6.07, 6.45) is 1.76. The van der Waals surface area contributed by atoms with Gasteiger partial charge in [0.15, 0.2) is 0 Å². The lowest BCUT2D eigenvalue weighted by Gasteiger charge is -2.19. The molecule has 1 aromatic heterocycles. The van der Waals surface area contributed by atoms with Gasteiger partial charge in [-0.15, -0.1) is 0 Å². The van der Waals surface area contributed by atoms with Gasteiger partial charge in [-0.1, -0.05) is 18.2 Å². The summed E-state index contributed by atoms with van der Waals surface area (Å²) in [5.74, 6) is 1.57. The second-order valence-electron chi connectivity index (χ2n) is 4.76. The third kappa shape index (κ3) is 2.85. The van der Waals surface area contributed by atoms with Gasteiger partial charge in [0, 0.05) is 31.4 Å². The maximum absolute atomic E-state index is 5.76. The second kappa shape index (κ2) is 5.28. The van der Waals surface area contributed by atoms with Crippen LogP contribution >= 0.6 is 0 Å². The van der Waals surface area contributed by atoms with Crippen LogP contribution in [0.4, 0.5) is 5.82 Å². The molecular formula is C15H17N3O. The van der Waals surface area contributed by atoms with Gasteiger partial charge in [-0.05, 0) is 23.8 Å². The van der Waals surface area contributed by atoms with Gasteiger partial charge in [0.1, 0.15) is 18.2 Å². The van der Waals surface area contributed by atoms with Gasteiger partial charge in [-0.25, -0.2) is 4.98 Å². The van der Waals surface area contributed by atoms with Gasteiger partial charge < -0.3 is 10.5 Å². The minimum atomic E-state index is 0.573. The molecule has 3 rings (SSSR count). The lowest BCUT2D eigenvalue weighted by Crippen LogP contribution is -2.25. The standard InChI is InChI=1S/C15H17N3O/c16-15-9-12(5-6-17-15)10-18-7-8-19-14-4-2-1-3-13(14)11-18/h1-6,9H,7-8,10-11H2,(H2,16,17). The van der Waals surface area contributed by atoms with Crippen molar-refractivity contribution in [3.05, 3.63) is 53.7 Å². The molecule has 0 amide bonds. The molecule has 0 radical (unpaired) electrons. The number of nitrogen functional groups attached to an aromatic ring is 1. The number of rotatable bonds is 2. The number of nitrogens with zero attached hydrogens (tertiary/aromatic N) is 2. The van der Waals surface area contributed by atoms with E-state index in [0.717, 1.165) is 32.0 Å². The van der Waals surface area contributed by atoms with Gasteiger partial charge in [0.25, 0.3) is 0 Å². The Morgan fingerprint density at radius 3 is 3.05 bits per heavy atom. The summed E-state index contributed by atoms with van der Waals surface area (Å²) in [5, 5.41) is 0. The van der Waals surface area contributed by atoms with Crippen molar-refractivity contribution >= 4 is 5.82 Å². The molecule has 98 valence electrons. The Morgan fingerprint density at radius 2 is 2.16 bits per heavy atom. The minimum Gasteiger partial charge on any atom is -0.492 e. The highest BCUT2D eigenvalue weighted by Gasteiger charge is 2.14. The lowest BCUT2D eigenvalue weighted by atomic mass is 10.1. The second-order valence-corrected chi connectivity index (χ2v) is 4.76. The molecule has 0 unspecified atom stereocenters. The summed E-state index contributed by atoms with van der Waals surface area (Å²) >= 11 is 0. The number of para-hydroxylation sites is 1. The van der Waals surface area contributed by atoms with Crippen LogP contribution in [-0.2, 0) is 13.1 Å². The molecule has 0 saturated heterocycles. The molecule has 0 atom stereocenters. The van der Waals surface area contributed by atoms with E-state index >= 15 is 0 Å². The largest absolute Gasteiger partial charge is 0.492 e. The maximum atomic E-state index is 5.76. The molecule has 2 aromatic rings. The molecule has 0 fully saturated rings. The van der Waals surface area contributed by atoms with Crippen LogP contribution in [0.25, 0.3) is 0 Å². The minimum absolute atomic E-state index is 0.573. The van der Waals surface area contributed by atoms with E-state index < -0.39 is 0 Å². The van der Waals surface area contributed by atoms with E-state index in [1.807, 2.05) is 24.3 Å². The van der Waals surface area contributed by atoms with Crippen LogP contribution in [-0.4, -0.2) is 23.0 Å². The van der Waals surface area contributed by atoms with Crippen LogP contribution in [0.3, 0.4) is 0 Å². The Balaban J connectivity index is 1.76. The molecule has 2 N–H and O–H groups in total. The number of hydrogen-bond acceptors (Lipinski definition) is 4. The summed E-state index contributed by atoms with van der Waals surface area (Å²) in [5.41, 5.74) is 8.14. The number of anilines is 1. The third-order valence-electron chi connectivity index (χ3n) is 3.28. The van der Waals surface area contributed by atoms with Crippen LogP contribution in [0.2, 0.25) is 0 Å². The molecule has 0 bridgehead atoms. The van der Waals surface area contributed by atoms with Crippen molar-refractivity contribution in [2.75, 3.05) is 18.9 Å². The third-order valence-corrected chi connectivity index (χ3v) is 3.28. The molecule has 0 aliphatic carbocycles. The number of fused-ring (bicyclic) bond motifs is 1. The summed E-state index contributed by atoms with van der Waals surface area (Å²) in [4.78, 5) is 6.38. The number of pyridine rings is 1. The van der Waals surface area contributed by atoms with Crippen molar-refractivity contribution in [2.24, 2.45) is 0 Å². The Morgan fingerprint density at radius 1 is 1.26 bits per heavy atom. The molecule has 1 aliphatic heterocycles. The Kier molecular flexibility index (Phi) is 3.33. The Labute approximate surface area is 112 Å². The van der Waals surface area contributed by atoms with Crippen molar-refractivity contribution in [1.82, 2.24) is 9.88 Å². The quantitative estimate of drug-likeness (QED) is 0.892. The maximum Gasteiger partial charge on any atom is 0.123 e. The van der Waals surface area contributed by atoms with Gasteiger partial charge in [-0.2, -0.15) is 0 Å². The van der Waals surface area contributed by atoms with Crippen molar-refractivity contribution in [2.45, 2.75) is 13.1 Å². The zero-order valence-corrected chi connectivity index (χ0v) is 10.7. The van der Waals surface area contributed by atoms with E-state index in [-0.39, 0.29) is 0 Å². The van der Waals surface area contributed by atoms with Crippen molar-refractivity contribution in [3.8, 4) is 5.75 Å². The predicted octanol–water partition coefficient (Wildman–Crippen LogP) is 2.06. The molecule has 2 heterocycles. The van der Waals surface area contributed by atoms with Gasteiger partial charge in [0.05, 0.1) is 0 Å².